The van der Waals surface area contributed by atoms with Gasteiger partial charge >= 0.3 is 0 Å². The number of hydrogen-bond donors (Lipinski definition) is 1. The van der Waals surface area contributed by atoms with E-state index in [0.29, 0.717) is 42.7 Å². The van der Waals surface area contributed by atoms with E-state index in [1.165, 1.54) is 0 Å². The van der Waals surface area contributed by atoms with E-state index in [9.17, 15) is 4.79 Å². The highest BCUT2D eigenvalue weighted by Crippen LogP contribution is 2.32. The van der Waals surface area contributed by atoms with Crippen LogP contribution in [0.15, 0.2) is 53.2 Å². The second kappa shape index (κ2) is 6.11. The van der Waals surface area contributed by atoms with E-state index >= 15 is 0 Å². The van der Waals surface area contributed by atoms with Crippen molar-refractivity contribution in [2.45, 2.75) is 6.54 Å². The highest BCUT2D eigenvalue weighted by molar-refractivity contribution is 6.02. The molecular weight excluding hydrogens is 310 g/mol. The highest BCUT2D eigenvalue weighted by Gasteiger charge is 2.15. The van der Waals surface area contributed by atoms with Crippen LogP contribution in [0.25, 0.3) is 0 Å². The molecule has 0 saturated carbocycles. The number of benzene rings is 1. The van der Waals surface area contributed by atoms with Crippen LogP contribution in [0.4, 0.5) is 5.69 Å². The molecule has 7 nitrogen and oxygen atoms in total. The maximum absolute atomic E-state index is 12.3. The molecule has 1 N–H and O–H groups in total. The first kappa shape index (κ1) is 14.4. The molecule has 7 heteroatoms. The zero-order valence-electron chi connectivity index (χ0n) is 12.8. The van der Waals surface area contributed by atoms with E-state index in [0.717, 1.165) is 0 Å². The quantitative estimate of drug-likeness (QED) is 0.797. The predicted octanol–water partition coefficient (Wildman–Crippen LogP) is 2.55. The smallest absolute Gasteiger partial charge is 0.291 e. The molecule has 0 aliphatic carbocycles. The van der Waals surface area contributed by atoms with Crippen LogP contribution in [-0.2, 0) is 6.54 Å². The number of hydrogen-bond acceptors (Lipinski definition) is 5. The summed E-state index contributed by atoms with van der Waals surface area (Å²) in [6.07, 6.45) is 3.52. The second-order valence-electron chi connectivity index (χ2n) is 5.28. The Morgan fingerprint density at radius 3 is 2.88 bits per heavy atom. The Hall–Kier alpha value is -3.22. The lowest BCUT2D eigenvalue weighted by Crippen LogP contribution is -2.16. The minimum Gasteiger partial charge on any atom is -0.486 e. The largest absolute Gasteiger partial charge is 0.486 e. The lowest BCUT2D eigenvalue weighted by Gasteiger charge is -2.18. The average molecular weight is 325 g/mol. The van der Waals surface area contributed by atoms with Crippen LogP contribution in [-0.4, -0.2) is 28.9 Å². The van der Waals surface area contributed by atoms with E-state index in [2.05, 4.69) is 10.4 Å². The number of aromatic nitrogens is 2. The molecule has 122 valence electrons. The van der Waals surface area contributed by atoms with E-state index < -0.39 is 0 Å². The summed E-state index contributed by atoms with van der Waals surface area (Å²) < 4.78 is 18.3. The van der Waals surface area contributed by atoms with Crippen molar-refractivity contribution in [2.24, 2.45) is 0 Å². The first-order valence-electron chi connectivity index (χ1n) is 7.55. The van der Waals surface area contributed by atoms with Gasteiger partial charge in [-0.2, -0.15) is 5.10 Å². The molecular formula is C17H15N3O4. The normalized spacial score (nSPS) is 12.8. The standard InChI is InChI=1S/C17H15N3O4/c21-17(15-5-3-13(24-15)11-20-7-1-6-18-20)19-12-2-4-14-16(10-12)23-9-8-22-14/h1-7,10H,8-9,11H2,(H,19,21). The van der Waals surface area contributed by atoms with E-state index in [1.807, 2.05) is 12.3 Å². The number of carbonyl (C=O) groups is 1. The van der Waals surface area contributed by atoms with Gasteiger partial charge < -0.3 is 19.2 Å². The third-order valence-electron chi connectivity index (χ3n) is 3.56. The van der Waals surface area contributed by atoms with Gasteiger partial charge in [0.15, 0.2) is 17.3 Å². The fourth-order valence-corrected chi connectivity index (χ4v) is 2.45. The van der Waals surface area contributed by atoms with Gasteiger partial charge in [0.2, 0.25) is 0 Å². The maximum Gasteiger partial charge on any atom is 0.291 e. The van der Waals surface area contributed by atoms with Gasteiger partial charge in [-0.3, -0.25) is 9.48 Å². The molecule has 1 aromatic carbocycles. The topological polar surface area (TPSA) is 78.5 Å². The third kappa shape index (κ3) is 2.96. The molecule has 2 aromatic heterocycles. The van der Waals surface area contributed by atoms with Crippen LogP contribution in [0.2, 0.25) is 0 Å². The van der Waals surface area contributed by atoms with Crippen molar-refractivity contribution in [3.63, 3.8) is 0 Å². The SMILES string of the molecule is O=C(Nc1ccc2c(c1)OCCO2)c1ccc(Cn2cccn2)o1. The molecule has 4 rings (SSSR count). The molecule has 0 radical (unpaired) electrons. The van der Waals surface area contributed by atoms with E-state index in [1.54, 1.807) is 41.2 Å². The Morgan fingerprint density at radius 1 is 1.17 bits per heavy atom. The summed E-state index contributed by atoms with van der Waals surface area (Å²) >= 11 is 0. The van der Waals surface area contributed by atoms with Crippen molar-refractivity contribution in [3.8, 4) is 11.5 Å². The minimum absolute atomic E-state index is 0.243. The zero-order chi connectivity index (χ0) is 16.4. The van der Waals surface area contributed by atoms with Crippen molar-refractivity contribution in [1.29, 1.82) is 0 Å². The van der Waals surface area contributed by atoms with Gasteiger partial charge in [-0.05, 0) is 30.3 Å². The van der Waals surface area contributed by atoms with Crippen LogP contribution in [0.3, 0.4) is 0 Å². The van der Waals surface area contributed by atoms with Crippen molar-refractivity contribution in [2.75, 3.05) is 18.5 Å². The van der Waals surface area contributed by atoms with Crippen molar-refractivity contribution in [3.05, 3.63) is 60.3 Å². The number of anilines is 1. The number of amides is 1. The van der Waals surface area contributed by atoms with Gasteiger partial charge in [0.1, 0.15) is 19.0 Å². The molecule has 24 heavy (non-hydrogen) atoms. The van der Waals surface area contributed by atoms with Gasteiger partial charge in [-0.15, -0.1) is 0 Å². The Labute approximate surface area is 137 Å². The fourth-order valence-electron chi connectivity index (χ4n) is 2.45. The minimum atomic E-state index is -0.321. The monoisotopic (exact) mass is 325 g/mol. The van der Waals surface area contributed by atoms with Crippen LogP contribution < -0.4 is 14.8 Å². The van der Waals surface area contributed by atoms with Crippen molar-refractivity contribution < 1.29 is 18.7 Å². The van der Waals surface area contributed by atoms with Crippen molar-refractivity contribution >= 4 is 11.6 Å². The summed E-state index contributed by atoms with van der Waals surface area (Å²) in [6, 6.07) is 10.5. The summed E-state index contributed by atoms with van der Waals surface area (Å²) in [4.78, 5) is 12.3. The van der Waals surface area contributed by atoms with Gasteiger partial charge in [-0.1, -0.05) is 0 Å². The highest BCUT2D eigenvalue weighted by atomic mass is 16.6. The van der Waals surface area contributed by atoms with Gasteiger partial charge in [0.05, 0.1) is 6.54 Å². The van der Waals surface area contributed by atoms with Gasteiger partial charge in [0, 0.05) is 24.1 Å². The summed E-state index contributed by atoms with van der Waals surface area (Å²) in [5.74, 6) is 1.88. The Morgan fingerprint density at radius 2 is 2.04 bits per heavy atom. The molecule has 0 atom stereocenters. The van der Waals surface area contributed by atoms with Gasteiger partial charge in [-0.25, -0.2) is 0 Å². The predicted molar refractivity (Wildman–Crippen MR) is 85.4 cm³/mol. The number of fused-ring (bicyclic) bond motifs is 1. The molecule has 0 saturated heterocycles. The molecule has 0 spiro atoms. The number of carbonyl (C=O) groups excluding carboxylic acids is 1. The van der Waals surface area contributed by atoms with E-state index in [4.69, 9.17) is 13.9 Å². The Bertz CT molecular complexity index is 855. The second-order valence-corrected chi connectivity index (χ2v) is 5.28. The van der Waals surface area contributed by atoms with Crippen LogP contribution >= 0.6 is 0 Å². The van der Waals surface area contributed by atoms with Crippen molar-refractivity contribution in [1.82, 2.24) is 9.78 Å². The summed E-state index contributed by atoms with van der Waals surface area (Å²) in [7, 11) is 0. The van der Waals surface area contributed by atoms with Crippen LogP contribution in [0, 0.1) is 0 Å². The summed E-state index contributed by atoms with van der Waals surface area (Å²) in [5, 5.41) is 6.89. The lowest BCUT2D eigenvalue weighted by atomic mass is 10.2. The van der Waals surface area contributed by atoms with Crippen LogP contribution in [0.1, 0.15) is 16.3 Å². The number of rotatable bonds is 4. The number of nitrogens with zero attached hydrogens (tertiary/aromatic N) is 2. The Kier molecular flexibility index (Phi) is 3.66. The first-order valence-corrected chi connectivity index (χ1v) is 7.55. The molecule has 0 fully saturated rings. The molecule has 3 heterocycles. The molecule has 1 aliphatic heterocycles. The molecule has 1 amide bonds. The van der Waals surface area contributed by atoms with Gasteiger partial charge in [0.25, 0.3) is 5.91 Å². The zero-order valence-corrected chi connectivity index (χ0v) is 12.8. The Balaban J connectivity index is 1.45. The average Bonchev–Trinajstić information content (AvgIpc) is 3.27. The molecule has 1 aliphatic rings. The maximum atomic E-state index is 12.3. The van der Waals surface area contributed by atoms with Crippen LogP contribution in [0.5, 0.6) is 11.5 Å². The molecule has 3 aromatic rings. The number of nitrogens with one attached hydrogen (secondary N) is 1. The third-order valence-corrected chi connectivity index (χ3v) is 3.56. The summed E-state index contributed by atoms with van der Waals surface area (Å²) in [6.45, 7) is 1.51. The summed E-state index contributed by atoms with van der Waals surface area (Å²) in [5.41, 5.74) is 0.620. The molecule has 0 bridgehead atoms. The first-order chi connectivity index (χ1) is 11.8. The lowest BCUT2D eigenvalue weighted by molar-refractivity contribution is 0.0994. The number of ether oxygens (including phenoxy) is 2. The molecule has 0 unspecified atom stereocenters. The fraction of sp³-hybridized carbons (Fsp3) is 0.176. The van der Waals surface area contributed by atoms with E-state index in [-0.39, 0.29) is 11.7 Å². The number of furan rings is 1.